The maximum absolute atomic E-state index is 5.16. The second kappa shape index (κ2) is 5.48. The van der Waals surface area contributed by atoms with Crippen LogP contribution in [-0.2, 0) is 6.54 Å². The van der Waals surface area contributed by atoms with Crippen LogP contribution in [-0.4, -0.2) is 16.9 Å². The van der Waals surface area contributed by atoms with Gasteiger partial charge >= 0.3 is 0 Å². The van der Waals surface area contributed by atoms with Gasteiger partial charge in [0.2, 0.25) is 0 Å². The van der Waals surface area contributed by atoms with Crippen LogP contribution in [0.2, 0.25) is 0 Å². The number of thioether (sulfide) groups is 1. The van der Waals surface area contributed by atoms with Crippen LogP contribution in [0.1, 0.15) is 22.3 Å². The summed E-state index contributed by atoms with van der Waals surface area (Å²) in [5, 5.41) is 8.54. The van der Waals surface area contributed by atoms with Crippen molar-refractivity contribution in [1.29, 1.82) is 0 Å². The minimum Gasteiger partial charge on any atom is -0.359 e. The molecule has 0 saturated heterocycles. The Labute approximate surface area is 116 Å². The first kappa shape index (κ1) is 12.3. The average Bonchev–Trinajstić information content (AvgIpc) is 3.06. The first-order chi connectivity index (χ1) is 9.31. The topological polar surface area (TPSA) is 50.4 Å². The van der Waals surface area contributed by atoms with Crippen molar-refractivity contribution in [1.82, 2.24) is 10.5 Å². The summed E-state index contributed by atoms with van der Waals surface area (Å²) in [6.45, 7) is 3.38. The molecule has 1 aliphatic rings. The van der Waals surface area contributed by atoms with E-state index >= 15 is 0 Å². The molecular formula is C14H15N3OS. The molecule has 0 spiro atoms. The number of aliphatic imine (C=N–C) groups is 1. The highest BCUT2D eigenvalue weighted by molar-refractivity contribution is 8.14. The van der Waals surface area contributed by atoms with Crippen LogP contribution in [0.25, 0.3) is 0 Å². The van der Waals surface area contributed by atoms with E-state index in [1.165, 1.54) is 5.56 Å². The Kier molecular flexibility index (Phi) is 3.55. The van der Waals surface area contributed by atoms with E-state index in [1.807, 2.05) is 19.1 Å². The van der Waals surface area contributed by atoms with E-state index in [1.54, 1.807) is 11.8 Å². The lowest BCUT2D eigenvalue weighted by Gasteiger charge is -2.08. The summed E-state index contributed by atoms with van der Waals surface area (Å²) in [7, 11) is 0. The molecule has 0 fully saturated rings. The molecule has 4 nitrogen and oxygen atoms in total. The zero-order valence-electron chi connectivity index (χ0n) is 10.7. The summed E-state index contributed by atoms with van der Waals surface area (Å²) >= 11 is 1.77. The Morgan fingerprint density at radius 1 is 1.37 bits per heavy atom. The predicted molar refractivity (Wildman–Crippen MR) is 77.2 cm³/mol. The number of rotatable bonds is 3. The average molecular weight is 273 g/mol. The Hall–Kier alpha value is -1.75. The molecule has 5 heteroatoms. The summed E-state index contributed by atoms with van der Waals surface area (Å²) in [5.74, 6) is 0.837. The van der Waals surface area contributed by atoms with Crippen molar-refractivity contribution in [2.45, 2.75) is 18.7 Å². The molecule has 0 aliphatic carbocycles. The molecule has 2 heterocycles. The zero-order valence-corrected chi connectivity index (χ0v) is 11.5. The summed E-state index contributed by atoms with van der Waals surface area (Å²) < 4.78 is 5.16. The quantitative estimate of drug-likeness (QED) is 0.934. The van der Waals surface area contributed by atoms with Gasteiger partial charge in [0.05, 0.1) is 24.0 Å². The molecule has 2 aromatic rings. The molecule has 3 rings (SSSR count). The highest BCUT2D eigenvalue weighted by atomic mass is 32.2. The lowest BCUT2D eigenvalue weighted by Crippen LogP contribution is -2.17. The van der Waals surface area contributed by atoms with Crippen molar-refractivity contribution in [3.63, 3.8) is 0 Å². The molecular weight excluding hydrogens is 258 g/mol. The largest absolute Gasteiger partial charge is 0.359 e. The highest BCUT2D eigenvalue weighted by Crippen LogP contribution is 2.34. The molecule has 0 radical (unpaired) electrons. The smallest absolute Gasteiger partial charge is 0.157 e. The van der Waals surface area contributed by atoms with Crippen LogP contribution in [0.5, 0.6) is 0 Å². The van der Waals surface area contributed by atoms with Gasteiger partial charge in [-0.05, 0) is 12.5 Å². The molecule has 0 amide bonds. The third kappa shape index (κ3) is 2.98. The fourth-order valence-electron chi connectivity index (χ4n) is 1.98. The third-order valence-electron chi connectivity index (χ3n) is 2.92. The molecule has 1 aromatic carbocycles. The predicted octanol–water partition coefficient (Wildman–Crippen LogP) is 2.92. The first-order valence-electron chi connectivity index (χ1n) is 6.23. The summed E-state index contributed by atoms with van der Waals surface area (Å²) in [4.78, 5) is 4.52. The normalized spacial score (nSPS) is 18.4. The number of hydrogen-bond acceptors (Lipinski definition) is 5. The summed E-state index contributed by atoms with van der Waals surface area (Å²) in [6, 6.07) is 12.4. The van der Waals surface area contributed by atoms with Crippen LogP contribution >= 0.6 is 11.8 Å². The van der Waals surface area contributed by atoms with E-state index in [9.17, 15) is 0 Å². The van der Waals surface area contributed by atoms with E-state index in [0.29, 0.717) is 11.8 Å². The van der Waals surface area contributed by atoms with Crippen LogP contribution in [0, 0.1) is 6.92 Å². The standard InChI is InChI=1S/C14H15N3OS/c1-10-7-12(18-17-10)8-15-14-16-9-13(19-14)11-5-3-2-4-6-11/h2-7,13H,8-9H2,1H3,(H,15,16). The molecule has 1 N–H and O–H groups in total. The Bertz CT molecular complexity index is 579. The van der Waals surface area contributed by atoms with Gasteiger partial charge in [0.25, 0.3) is 0 Å². The van der Waals surface area contributed by atoms with Crippen molar-refractivity contribution < 1.29 is 4.52 Å². The van der Waals surface area contributed by atoms with E-state index in [-0.39, 0.29) is 0 Å². The molecule has 1 atom stereocenters. The maximum atomic E-state index is 5.16. The second-order valence-electron chi connectivity index (χ2n) is 4.45. The monoisotopic (exact) mass is 273 g/mol. The fourth-order valence-corrected chi connectivity index (χ4v) is 2.99. The number of nitrogens with one attached hydrogen (secondary N) is 1. The van der Waals surface area contributed by atoms with Gasteiger partial charge in [-0.2, -0.15) is 0 Å². The van der Waals surface area contributed by atoms with Crippen molar-refractivity contribution in [3.05, 3.63) is 53.4 Å². The van der Waals surface area contributed by atoms with Gasteiger partial charge in [-0.15, -0.1) is 0 Å². The fraction of sp³-hybridized carbons (Fsp3) is 0.286. The van der Waals surface area contributed by atoms with E-state index in [4.69, 9.17) is 4.52 Å². The van der Waals surface area contributed by atoms with Gasteiger partial charge < -0.3 is 9.84 Å². The number of hydrogen-bond donors (Lipinski definition) is 1. The number of aryl methyl sites for hydroxylation is 1. The molecule has 1 aliphatic heterocycles. The molecule has 0 bridgehead atoms. The molecule has 1 unspecified atom stereocenters. The third-order valence-corrected chi connectivity index (χ3v) is 4.12. The van der Waals surface area contributed by atoms with Crippen LogP contribution in [0.15, 0.2) is 45.9 Å². The Morgan fingerprint density at radius 3 is 2.95 bits per heavy atom. The molecule has 19 heavy (non-hydrogen) atoms. The lowest BCUT2D eigenvalue weighted by molar-refractivity contribution is 0.377. The van der Waals surface area contributed by atoms with Gasteiger partial charge in [0, 0.05) is 6.07 Å². The van der Waals surface area contributed by atoms with Gasteiger partial charge in [-0.3, -0.25) is 4.99 Å². The van der Waals surface area contributed by atoms with E-state index in [2.05, 4.69) is 39.7 Å². The number of amidine groups is 1. The number of nitrogens with zero attached hydrogens (tertiary/aromatic N) is 2. The molecule has 98 valence electrons. The van der Waals surface area contributed by atoms with Crippen LogP contribution in [0.3, 0.4) is 0 Å². The highest BCUT2D eigenvalue weighted by Gasteiger charge is 2.21. The lowest BCUT2D eigenvalue weighted by atomic mass is 10.1. The van der Waals surface area contributed by atoms with Crippen LogP contribution < -0.4 is 5.32 Å². The number of aromatic nitrogens is 1. The van der Waals surface area contributed by atoms with Gasteiger partial charge in [-0.25, -0.2) is 0 Å². The second-order valence-corrected chi connectivity index (χ2v) is 5.64. The minimum absolute atomic E-state index is 0.417. The van der Waals surface area contributed by atoms with Crippen molar-refractivity contribution in [3.8, 4) is 0 Å². The summed E-state index contributed by atoms with van der Waals surface area (Å²) in [6.07, 6.45) is 0. The van der Waals surface area contributed by atoms with Crippen LogP contribution in [0.4, 0.5) is 0 Å². The minimum atomic E-state index is 0.417. The van der Waals surface area contributed by atoms with Gasteiger partial charge in [-0.1, -0.05) is 47.3 Å². The SMILES string of the molecule is Cc1cc(CNC2=NCC(c3ccccc3)S2)on1. The van der Waals surface area contributed by atoms with E-state index < -0.39 is 0 Å². The Morgan fingerprint density at radius 2 is 2.21 bits per heavy atom. The van der Waals surface area contributed by atoms with Crippen molar-refractivity contribution in [2.75, 3.05) is 6.54 Å². The van der Waals surface area contributed by atoms with E-state index in [0.717, 1.165) is 23.2 Å². The first-order valence-corrected chi connectivity index (χ1v) is 7.11. The maximum Gasteiger partial charge on any atom is 0.157 e. The molecule has 1 aromatic heterocycles. The van der Waals surface area contributed by atoms with Crippen molar-refractivity contribution in [2.24, 2.45) is 4.99 Å². The van der Waals surface area contributed by atoms with Crippen molar-refractivity contribution >= 4 is 16.9 Å². The summed E-state index contributed by atoms with van der Waals surface area (Å²) in [5.41, 5.74) is 2.23. The Balaban J connectivity index is 1.54. The zero-order chi connectivity index (χ0) is 13.1. The molecule has 0 saturated carbocycles. The van der Waals surface area contributed by atoms with Gasteiger partial charge in [0.1, 0.15) is 0 Å². The number of benzene rings is 1. The van der Waals surface area contributed by atoms with Gasteiger partial charge in [0.15, 0.2) is 10.9 Å².